The van der Waals surface area contributed by atoms with Crippen molar-refractivity contribution in [3.8, 4) is 5.75 Å². The predicted molar refractivity (Wildman–Crippen MR) is 134 cm³/mol. The molecule has 3 aromatic carbocycles. The lowest BCUT2D eigenvalue weighted by molar-refractivity contribution is -0.122. The van der Waals surface area contributed by atoms with Crippen molar-refractivity contribution >= 4 is 44.7 Å². The number of hydrogen-bond donors (Lipinski definition) is 1. The Bertz CT molecular complexity index is 1280. The summed E-state index contributed by atoms with van der Waals surface area (Å²) in [6.07, 6.45) is 0.642. The molecule has 0 radical (unpaired) electrons. The maximum absolute atomic E-state index is 13.0. The highest BCUT2D eigenvalue weighted by Crippen LogP contribution is 2.25. The lowest BCUT2D eigenvalue weighted by Crippen LogP contribution is -2.33. The molecule has 0 aliphatic heterocycles. The minimum absolute atomic E-state index is 0.266. The van der Waals surface area contributed by atoms with Crippen molar-refractivity contribution < 1.29 is 22.7 Å². The molecule has 0 unspecified atom stereocenters. The van der Waals surface area contributed by atoms with E-state index in [1.54, 1.807) is 67.6 Å². The molecule has 1 atom stereocenters. The van der Waals surface area contributed by atoms with E-state index in [-0.39, 0.29) is 11.3 Å². The van der Waals surface area contributed by atoms with E-state index in [2.05, 4.69) is 5.32 Å². The maximum atomic E-state index is 13.0. The first-order valence-electron chi connectivity index (χ1n) is 10.5. The van der Waals surface area contributed by atoms with E-state index in [0.717, 1.165) is 10.6 Å². The van der Waals surface area contributed by atoms with Gasteiger partial charge < -0.3 is 10.1 Å². The van der Waals surface area contributed by atoms with E-state index in [1.807, 2.05) is 6.07 Å². The van der Waals surface area contributed by atoms with Gasteiger partial charge in [-0.3, -0.25) is 13.9 Å². The second-order valence-corrected chi connectivity index (χ2v) is 10.1. The van der Waals surface area contributed by atoms with Crippen LogP contribution in [0.15, 0.2) is 72.8 Å². The maximum Gasteiger partial charge on any atom is 0.265 e. The minimum atomic E-state index is -3.39. The van der Waals surface area contributed by atoms with E-state index < -0.39 is 22.0 Å². The fourth-order valence-electron chi connectivity index (χ4n) is 3.18. The largest absolute Gasteiger partial charge is 0.481 e. The highest BCUT2D eigenvalue weighted by molar-refractivity contribution is 7.92. The van der Waals surface area contributed by atoms with E-state index in [4.69, 9.17) is 16.3 Å². The number of benzene rings is 3. The third kappa shape index (κ3) is 6.15. The zero-order valence-corrected chi connectivity index (χ0v) is 20.6. The lowest BCUT2D eigenvalue weighted by atomic mass is 10.0. The number of carbonyl (C=O) groups excluding carboxylic acids is 2. The summed E-state index contributed by atoms with van der Waals surface area (Å²) in [7, 11) is -1.94. The molecule has 1 amide bonds. The van der Waals surface area contributed by atoms with Crippen molar-refractivity contribution in [2.45, 2.75) is 19.4 Å². The second kappa shape index (κ2) is 10.7. The van der Waals surface area contributed by atoms with Crippen LogP contribution in [0.2, 0.25) is 5.02 Å². The van der Waals surface area contributed by atoms with Gasteiger partial charge in [-0.2, -0.15) is 0 Å². The van der Waals surface area contributed by atoms with Gasteiger partial charge in [0.25, 0.3) is 5.91 Å². The Labute approximate surface area is 204 Å². The number of ether oxygens (including phenoxy) is 1. The quantitative estimate of drug-likeness (QED) is 0.427. The van der Waals surface area contributed by atoms with Crippen LogP contribution in [0.3, 0.4) is 0 Å². The molecule has 3 rings (SSSR count). The molecule has 178 valence electrons. The molecule has 7 nitrogen and oxygen atoms in total. The van der Waals surface area contributed by atoms with Crippen LogP contribution >= 0.6 is 11.6 Å². The summed E-state index contributed by atoms with van der Waals surface area (Å²) in [5, 5.41) is 3.15. The summed E-state index contributed by atoms with van der Waals surface area (Å²) in [6, 6.07) is 19.8. The van der Waals surface area contributed by atoms with Crippen LogP contribution in [0.4, 0.5) is 11.4 Å². The first-order valence-corrected chi connectivity index (χ1v) is 12.7. The number of halogens is 1. The molecule has 0 bridgehead atoms. The molecule has 1 N–H and O–H groups in total. The molecule has 0 aromatic heterocycles. The molecule has 0 saturated carbocycles. The molecule has 0 fully saturated rings. The summed E-state index contributed by atoms with van der Waals surface area (Å²) >= 11 is 6.11. The van der Waals surface area contributed by atoms with Crippen LogP contribution in [0.25, 0.3) is 0 Å². The van der Waals surface area contributed by atoms with Gasteiger partial charge in [-0.15, -0.1) is 0 Å². The number of anilines is 2. The van der Waals surface area contributed by atoms with Crippen LogP contribution in [-0.4, -0.2) is 39.5 Å². The molecular formula is C25H25ClN2O5S. The SMILES string of the molecule is CC[C@H](Oc1ccc(N(C)S(C)(=O)=O)cc1)C(=O)Nc1ccc(Cl)cc1C(=O)c1ccccc1. The summed E-state index contributed by atoms with van der Waals surface area (Å²) in [6.45, 7) is 1.80. The average Bonchev–Trinajstić information content (AvgIpc) is 2.83. The van der Waals surface area contributed by atoms with Crippen molar-refractivity contribution in [1.82, 2.24) is 0 Å². The van der Waals surface area contributed by atoms with Gasteiger partial charge in [-0.25, -0.2) is 8.42 Å². The summed E-state index contributed by atoms with van der Waals surface area (Å²) < 4.78 is 30.4. The molecule has 0 aliphatic carbocycles. The Morgan fingerprint density at radius 3 is 2.26 bits per heavy atom. The van der Waals surface area contributed by atoms with Crippen molar-refractivity contribution in [3.63, 3.8) is 0 Å². The van der Waals surface area contributed by atoms with Gasteiger partial charge in [0.2, 0.25) is 10.0 Å². The monoisotopic (exact) mass is 500 g/mol. The highest BCUT2D eigenvalue weighted by atomic mass is 35.5. The van der Waals surface area contributed by atoms with Crippen LogP contribution in [-0.2, 0) is 14.8 Å². The van der Waals surface area contributed by atoms with Gasteiger partial charge in [0.05, 0.1) is 17.6 Å². The number of ketones is 1. The fourth-order valence-corrected chi connectivity index (χ4v) is 3.86. The van der Waals surface area contributed by atoms with Gasteiger partial charge in [0.1, 0.15) is 5.75 Å². The van der Waals surface area contributed by atoms with Crippen LogP contribution in [0, 0.1) is 0 Å². The van der Waals surface area contributed by atoms with Crippen LogP contribution in [0.1, 0.15) is 29.3 Å². The minimum Gasteiger partial charge on any atom is -0.481 e. The Kier molecular flexibility index (Phi) is 7.96. The number of amides is 1. The van der Waals surface area contributed by atoms with Gasteiger partial charge in [0.15, 0.2) is 11.9 Å². The second-order valence-electron chi connectivity index (χ2n) is 7.61. The molecular weight excluding hydrogens is 476 g/mol. The number of rotatable bonds is 9. The third-order valence-corrected chi connectivity index (χ3v) is 6.60. The van der Waals surface area contributed by atoms with E-state index in [1.165, 1.54) is 13.1 Å². The van der Waals surface area contributed by atoms with Crippen molar-refractivity contribution in [2.75, 3.05) is 22.9 Å². The number of carbonyl (C=O) groups is 2. The smallest absolute Gasteiger partial charge is 0.265 e. The predicted octanol–water partition coefficient (Wildman–Crippen LogP) is 4.76. The Morgan fingerprint density at radius 2 is 1.68 bits per heavy atom. The molecule has 0 aliphatic rings. The number of nitrogens with zero attached hydrogens (tertiary/aromatic N) is 1. The van der Waals surface area contributed by atoms with Gasteiger partial charge >= 0.3 is 0 Å². The fraction of sp³-hybridized carbons (Fsp3) is 0.200. The van der Waals surface area contributed by atoms with Gasteiger partial charge in [-0.05, 0) is 48.9 Å². The Hall–Kier alpha value is -3.36. The molecule has 0 saturated heterocycles. The molecule has 3 aromatic rings. The average molecular weight is 501 g/mol. The molecule has 0 heterocycles. The standard InChI is InChI=1S/C25H25ClN2O5S/c1-4-23(33-20-13-11-19(12-14-20)28(2)34(3,31)32)25(30)27-22-15-10-18(26)16-21(22)24(29)17-8-6-5-7-9-17/h5-16,23H,4H2,1-3H3,(H,27,30)/t23-/m0/s1. The highest BCUT2D eigenvalue weighted by Gasteiger charge is 2.22. The van der Waals surface area contributed by atoms with E-state index >= 15 is 0 Å². The van der Waals surface area contributed by atoms with Crippen LogP contribution < -0.4 is 14.4 Å². The van der Waals surface area contributed by atoms with Crippen molar-refractivity contribution in [2.24, 2.45) is 0 Å². The first-order chi connectivity index (χ1) is 16.1. The van der Waals surface area contributed by atoms with E-state index in [0.29, 0.717) is 34.1 Å². The number of hydrogen-bond acceptors (Lipinski definition) is 5. The normalized spacial score (nSPS) is 12.0. The summed E-state index contributed by atoms with van der Waals surface area (Å²) in [4.78, 5) is 26.0. The summed E-state index contributed by atoms with van der Waals surface area (Å²) in [5.74, 6) is -0.286. The van der Waals surface area contributed by atoms with Gasteiger partial charge in [-0.1, -0.05) is 48.9 Å². The van der Waals surface area contributed by atoms with Crippen molar-refractivity contribution in [1.29, 1.82) is 0 Å². The number of nitrogens with one attached hydrogen (secondary N) is 1. The van der Waals surface area contributed by atoms with E-state index in [9.17, 15) is 18.0 Å². The van der Waals surface area contributed by atoms with Crippen molar-refractivity contribution in [3.05, 3.63) is 88.9 Å². The molecule has 34 heavy (non-hydrogen) atoms. The van der Waals surface area contributed by atoms with Gasteiger partial charge in [0, 0.05) is 23.2 Å². The zero-order valence-electron chi connectivity index (χ0n) is 19.0. The zero-order chi connectivity index (χ0) is 24.9. The topological polar surface area (TPSA) is 92.8 Å². The first kappa shape index (κ1) is 25.3. The summed E-state index contributed by atoms with van der Waals surface area (Å²) in [5.41, 5.74) is 1.55. The third-order valence-electron chi connectivity index (χ3n) is 5.16. The lowest BCUT2D eigenvalue weighted by Gasteiger charge is -2.20. The Balaban J connectivity index is 1.77. The number of sulfonamides is 1. The Morgan fingerprint density at radius 1 is 1.03 bits per heavy atom. The van der Waals surface area contributed by atoms with Crippen LogP contribution in [0.5, 0.6) is 5.75 Å². The molecule has 9 heteroatoms. The molecule has 0 spiro atoms.